The first kappa shape index (κ1) is 18.8. The summed E-state index contributed by atoms with van der Waals surface area (Å²) in [4.78, 5) is 40.9. The Bertz CT molecular complexity index is 1150. The first-order chi connectivity index (χ1) is 13.5. The summed E-state index contributed by atoms with van der Waals surface area (Å²) in [5.74, 6) is 0.0331. The summed E-state index contributed by atoms with van der Waals surface area (Å²) in [5, 5.41) is 5.56. The molecule has 8 nitrogen and oxygen atoms in total. The number of aromatic nitrogens is 4. The molecule has 0 saturated heterocycles. The third-order valence-electron chi connectivity index (χ3n) is 4.00. The molecule has 3 aromatic heterocycles. The minimum absolute atomic E-state index is 0.179. The van der Waals surface area contributed by atoms with E-state index >= 15 is 0 Å². The van der Waals surface area contributed by atoms with Crippen LogP contribution in [0.25, 0.3) is 11.5 Å². The van der Waals surface area contributed by atoms with E-state index in [9.17, 15) is 14.4 Å². The van der Waals surface area contributed by atoms with Gasteiger partial charge in [0.05, 0.1) is 5.56 Å². The van der Waals surface area contributed by atoms with Crippen LogP contribution in [0.5, 0.6) is 0 Å². The Morgan fingerprint density at radius 1 is 1.29 bits per heavy atom. The van der Waals surface area contributed by atoms with Gasteiger partial charge in [0.25, 0.3) is 17.0 Å². The Hall–Kier alpha value is -3.94. The van der Waals surface area contributed by atoms with Crippen molar-refractivity contribution < 1.29 is 4.79 Å². The number of hydrogen-bond donors (Lipinski definition) is 2. The monoisotopic (exact) mass is 377 g/mol. The van der Waals surface area contributed by atoms with Gasteiger partial charge in [0, 0.05) is 31.2 Å². The number of pyridine rings is 2. The van der Waals surface area contributed by atoms with Crippen LogP contribution in [-0.2, 0) is 0 Å². The second-order valence-corrected chi connectivity index (χ2v) is 6.04. The highest BCUT2D eigenvalue weighted by Crippen LogP contribution is 2.05. The molecule has 3 aromatic rings. The van der Waals surface area contributed by atoms with Gasteiger partial charge in [-0.25, -0.2) is 4.98 Å². The summed E-state index contributed by atoms with van der Waals surface area (Å²) in [6.07, 6.45) is 7.80. The molecule has 0 spiro atoms. The van der Waals surface area contributed by atoms with Crippen molar-refractivity contribution in [3.05, 3.63) is 99.5 Å². The van der Waals surface area contributed by atoms with Gasteiger partial charge in [-0.15, -0.1) is 0 Å². The molecule has 0 radical (unpaired) electrons. The van der Waals surface area contributed by atoms with Gasteiger partial charge in [0.2, 0.25) is 0 Å². The van der Waals surface area contributed by atoms with Crippen molar-refractivity contribution in [1.29, 1.82) is 0 Å². The van der Waals surface area contributed by atoms with Crippen molar-refractivity contribution in [2.45, 2.75) is 6.92 Å². The van der Waals surface area contributed by atoms with Gasteiger partial charge in [-0.1, -0.05) is 30.4 Å². The van der Waals surface area contributed by atoms with Crippen molar-refractivity contribution in [1.82, 2.24) is 24.6 Å². The van der Waals surface area contributed by atoms with Crippen LogP contribution in [-0.4, -0.2) is 31.8 Å². The summed E-state index contributed by atoms with van der Waals surface area (Å²) >= 11 is 0. The molecule has 0 aliphatic heterocycles. The number of nitrogens with zero attached hydrogens (tertiary/aromatic N) is 3. The zero-order valence-electron chi connectivity index (χ0n) is 15.3. The summed E-state index contributed by atoms with van der Waals surface area (Å²) in [6, 6.07) is 7.76. The molecule has 0 aliphatic rings. The van der Waals surface area contributed by atoms with E-state index in [1.807, 2.05) is 13.0 Å². The molecule has 0 atom stereocenters. The Morgan fingerprint density at radius 3 is 2.79 bits per heavy atom. The molecule has 0 fully saturated rings. The maximum atomic E-state index is 12.6. The van der Waals surface area contributed by atoms with Gasteiger partial charge in [-0.2, -0.15) is 4.68 Å². The molecule has 8 heteroatoms. The van der Waals surface area contributed by atoms with Gasteiger partial charge >= 0.3 is 0 Å². The van der Waals surface area contributed by atoms with Crippen LogP contribution in [0.3, 0.4) is 0 Å². The fourth-order valence-corrected chi connectivity index (χ4v) is 2.56. The Kier molecular flexibility index (Phi) is 5.50. The fraction of sp³-hybridized carbons (Fsp3) is 0.100. The lowest BCUT2D eigenvalue weighted by atomic mass is 10.2. The smallest absolute Gasteiger partial charge is 0.296 e. The number of allylic oxidation sites excluding steroid dienone is 2. The highest BCUT2D eigenvalue weighted by molar-refractivity contribution is 5.94. The Morgan fingerprint density at radius 2 is 2.11 bits per heavy atom. The van der Waals surface area contributed by atoms with Crippen LogP contribution in [0, 0.1) is 0 Å². The average Bonchev–Trinajstić information content (AvgIpc) is 3.08. The molecule has 1 amide bonds. The van der Waals surface area contributed by atoms with Gasteiger partial charge in [-0.3, -0.25) is 24.0 Å². The predicted octanol–water partition coefficient (Wildman–Crippen LogP) is 1.57. The van der Waals surface area contributed by atoms with E-state index in [1.165, 1.54) is 33.9 Å². The lowest BCUT2D eigenvalue weighted by molar-refractivity contribution is 0.0956. The molecule has 0 bridgehead atoms. The maximum absolute atomic E-state index is 12.6. The number of aromatic amines is 1. The van der Waals surface area contributed by atoms with Crippen LogP contribution in [0.15, 0.2) is 82.8 Å². The molecule has 0 saturated carbocycles. The van der Waals surface area contributed by atoms with Crippen molar-refractivity contribution in [3.63, 3.8) is 0 Å². The van der Waals surface area contributed by atoms with Crippen molar-refractivity contribution >= 4 is 5.91 Å². The third-order valence-corrected chi connectivity index (χ3v) is 4.00. The quantitative estimate of drug-likeness (QED) is 0.637. The molecular formula is C20H19N5O3. The third kappa shape index (κ3) is 3.90. The van der Waals surface area contributed by atoms with E-state index in [0.717, 1.165) is 5.57 Å². The Balaban J connectivity index is 1.81. The van der Waals surface area contributed by atoms with Crippen LogP contribution in [0.2, 0.25) is 0 Å². The first-order valence-corrected chi connectivity index (χ1v) is 8.52. The lowest BCUT2D eigenvalue weighted by Crippen LogP contribution is -2.26. The molecule has 2 N–H and O–H groups in total. The second-order valence-electron chi connectivity index (χ2n) is 6.04. The minimum Gasteiger partial charge on any atom is -0.348 e. The molecule has 0 unspecified atom stereocenters. The fourth-order valence-electron chi connectivity index (χ4n) is 2.56. The van der Waals surface area contributed by atoms with Crippen molar-refractivity contribution in [3.8, 4) is 11.5 Å². The van der Waals surface area contributed by atoms with E-state index in [-0.39, 0.29) is 17.2 Å². The normalized spacial score (nSPS) is 11.2. The zero-order valence-corrected chi connectivity index (χ0v) is 15.3. The standard InChI is InChI=1S/C20H19N5O3/c1-3-6-14(2)11-22-19(27)15-8-9-17(21-12-15)25-20(28)16(13-23-25)24-10-5-4-7-18(24)26/h3-10,12-13,23H,1,11H2,2H3,(H,22,27)/b14-6+. The van der Waals surface area contributed by atoms with Crippen LogP contribution in [0.1, 0.15) is 17.3 Å². The molecule has 28 heavy (non-hydrogen) atoms. The van der Waals surface area contributed by atoms with Crippen LogP contribution >= 0.6 is 0 Å². The second kappa shape index (κ2) is 8.17. The van der Waals surface area contributed by atoms with Crippen LogP contribution in [0.4, 0.5) is 0 Å². The van der Waals surface area contributed by atoms with Gasteiger partial charge in [0.15, 0.2) is 5.82 Å². The number of rotatable bonds is 6. The molecule has 3 rings (SSSR count). The molecule has 142 valence electrons. The number of H-pyrrole nitrogens is 1. The summed E-state index contributed by atoms with van der Waals surface area (Å²) in [7, 11) is 0. The van der Waals surface area contributed by atoms with Gasteiger partial charge in [0.1, 0.15) is 5.69 Å². The van der Waals surface area contributed by atoms with E-state index < -0.39 is 5.56 Å². The van der Waals surface area contributed by atoms with E-state index in [4.69, 9.17) is 0 Å². The number of nitrogens with one attached hydrogen (secondary N) is 2. The molecular weight excluding hydrogens is 358 g/mol. The van der Waals surface area contributed by atoms with E-state index in [0.29, 0.717) is 17.9 Å². The highest BCUT2D eigenvalue weighted by Gasteiger charge is 2.12. The SMILES string of the molecule is C=C/C=C(\C)CNC(=O)c1ccc(-n2[nH]cc(-n3ccccc3=O)c2=O)nc1. The first-order valence-electron chi connectivity index (χ1n) is 8.52. The highest BCUT2D eigenvalue weighted by atomic mass is 16.2. The zero-order chi connectivity index (χ0) is 20.1. The minimum atomic E-state index is -0.428. The predicted molar refractivity (Wildman–Crippen MR) is 106 cm³/mol. The molecule has 0 aromatic carbocycles. The summed E-state index contributed by atoms with van der Waals surface area (Å²) in [5.41, 5.74) is 0.775. The number of carbonyl (C=O) groups is 1. The van der Waals surface area contributed by atoms with E-state index in [1.54, 1.807) is 30.3 Å². The number of hydrogen-bond acceptors (Lipinski definition) is 4. The average molecular weight is 377 g/mol. The summed E-state index contributed by atoms with van der Waals surface area (Å²) < 4.78 is 2.45. The number of carbonyl (C=O) groups excluding carboxylic acids is 1. The topological polar surface area (TPSA) is 102 Å². The number of amides is 1. The molecule has 3 heterocycles. The Labute approximate surface area is 160 Å². The van der Waals surface area contributed by atoms with E-state index in [2.05, 4.69) is 22.0 Å². The lowest BCUT2D eigenvalue weighted by Gasteiger charge is -2.06. The van der Waals surface area contributed by atoms with Crippen molar-refractivity contribution in [2.75, 3.05) is 6.54 Å². The molecule has 0 aliphatic carbocycles. The van der Waals surface area contributed by atoms with Gasteiger partial charge in [-0.05, 0) is 25.1 Å². The maximum Gasteiger partial charge on any atom is 0.296 e. The largest absolute Gasteiger partial charge is 0.348 e. The van der Waals surface area contributed by atoms with Gasteiger partial charge < -0.3 is 5.32 Å². The van der Waals surface area contributed by atoms with Crippen LogP contribution < -0.4 is 16.4 Å². The summed E-state index contributed by atoms with van der Waals surface area (Å²) in [6.45, 7) is 5.89. The van der Waals surface area contributed by atoms with Crippen molar-refractivity contribution in [2.24, 2.45) is 0 Å².